The molecule has 0 N–H and O–H groups in total. The third-order valence-electron chi connectivity index (χ3n) is 3.35. The predicted octanol–water partition coefficient (Wildman–Crippen LogP) is 2.23. The molecule has 0 saturated carbocycles. The van der Waals surface area contributed by atoms with E-state index in [9.17, 15) is 21.6 Å². The summed E-state index contributed by atoms with van der Waals surface area (Å²) >= 11 is 0. The molecular weight excluding hydrogens is 270 g/mol. The monoisotopic (exact) mass is 279 g/mol. The number of fused-ring (bicyclic) bond motifs is 2. The van der Waals surface area contributed by atoms with Crippen LogP contribution in [0.2, 0.25) is 11.6 Å². The lowest BCUT2D eigenvalue weighted by atomic mass is 9.36. The molecule has 9 heteroatoms. The molecule has 0 radical (unpaired) electrons. The molecule has 1 fully saturated rings. The van der Waals surface area contributed by atoms with E-state index in [0.717, 1.165) is 0 Å². The number of halogens is 3. The van der Waals surface area contributed by atoms with Crippen LogP contribution in [0.25, 0.3) is 0 Å². The molecule has 2 aliphatic rings. The van der Waals surface area contributed by atoms with Crippen molar-refractivity contribution in [2.75, 3.05) is 0 Å². The fourth-order valence-corrected chi connectivity index (χ4v) is 3.05. The van der Waals surface area contributed by atoms with Crippen molar-refractivity contribution in [2.45, 2.75) is 36.4 Å². The summed E-state index contributed by atoms with van der Waals surface area (Å²) in [5.74, 6) is 1.61. The maximum absolute atomic E-state index is 12.1. The minimum Gasteiger partial charge on any atom is -0.381 e. The van der Waals surface area contributed by atoms with Gasteiger partial charge in [-0.15, -0.1) is 0 Å². The van der Waals surface area contributed by atoms with Crippen molar-refractivity contribution in [1.82, 2.24) is 0 Å². The molecule has 4 nitrogen and oxygen atoms in total. The van der Waals surface area contributed by atoms with Crippen molar-refractivity contribution in [2.24, 2.45) is 0 Å². The van der Waals surface area contributed by atoms with Crippen LogP contribution in [0.1, 0.15) is 19.3 Å². The number of rotatable bonds is 2. The van der Waals surface area contributed by atoms with Gasteiger partial charge in [0.1, 0.15) is 5.76 Å². The highest BCUT2D eigenvalue weighted by Gasteiger charge is 2.50. The molecule has 2 aliphatic heterocycles. The van der Waals surface area contributed by atoms with Crippen LogP contribution in [0, 0.1) is 11.2 Å². The lowest BCUT2D eigenvalue weighted by molar-refractivity contribution is -0.0523. The summed E-state index contributed by atoms with van der Waals surface area (Å²) in [6.07, 6.45) is 2.81. The van der Waals surface area contributed by atoms with E-state index in [2.05, 4.69) is 10.2 Å². The first-order chi connectivity index (χ1) is 8.24. The van der Waals surface area contributed by atoms with Crippen LogP contribution in [0.15, 0.2) is 11.8 Å². The first-order valence-electron chi connectivity index (χ1n) is 5.35. The zero-order chi connectivity index (χ0) is 13.6. The maximum atomic E-state index is 12.1. The Hall–Kier alpha value is -1.17. The van der Waals surface area contributed by atoms with Crippen LogP contribution in [0.3, 0.4) is 0 Å². The smallest absolute Gasteiger partial charge is 0.381 e. The van der Waals surface area contributed by atoms with E-state index in [-0.39, 0.29) is 30.5 Å². The zero-order valence-electron chi connectivity index (χ0n) is 9.14. The molecule has 0 amide bonds. The number of nitriles is 1. The van der Waals surface area contributed by atoms with Crippen molar-refractivity contribution in [3.8, 4) is 5.97 Å². The van der Waals surface area contributed by atoms with E-state index in [1.165, 1.54) is 6.08 Å². The minimum atomic E-state index is -5.59. The van der Waals surface area contributed by atoms with E-state index in [4.69, 9.17) is 5.26 Å². The van der Waals surface area contributed by atoms with Gasteiger partial charge in [0.2, 0.25) is 0 Å². The van der Waals surface area contributed by atoms with Gasteiger partial charge in [0, 0.05) is 12.4 Å². The maximum Gasteiger partial charge on any atom is 0.534 e. The number of nitrogens with zero attached hydrogens (tertiary/aromatic N) is 1. The highest BCUT2D eigenvalue weighted by Crippen LogP contribution is 2.48. The molecule has 0 aromatic carbocycles. The fraction of sp³-hybridized carbons (Fsp3) is 0.667. The quantitative estimate of drug-likeness (QED) is 0.441. The van der Waals surface area contributed by atoms with E-state index < -0.39 is 15.6 Å². The van der Waals surface area contributed by atoms with Crippen LogP contribution in [-0.4, -0.2) is 20.6 Å². The molecule has 2 atom stereocenters. The zero-order valence-corrected chi connectivity index (χ0v) is 9.96. The van der Waals surface area contributed by atoms with E-state index >= 15 is 0 Å². The van der Waals surface area contributed by atoms with Gasteiger partial charge in [0.25, 0.3) is 6.71 Å². The third kappa shape index (κ3) is 2.21. The van der Waals surface area contributed by atoms with Crippen molar-refractivity contribution in [3.63, 3.8) is 0 Å². The van der Waals surface area contributed by atoms with Gasteiger partial charge in [-0.05, 0) is 17.7 Å². The first kappa shape index (κ1) is 13.3. The molecule has 18 heavy (non-hydrogen) atoms. The average molecular weight is 279 g/mol. The molecule has 98 valence electrons. The van der Waals surface area contributed by atoms with Gasteiger partial charge in [-0.25, -0.2) is 5.26 Å². The summed E-state index contributed by atoms with van der Waals surface area (Å²) in [7, 11) is -5.59. The average Bonchev–Trinajstić information content (AvgIpc) is 2.47. The highest BCUT2D eigenvalue weighted by molar-refractivity contribution is 7.87. The Morgan fingerprint density at radius 2 is 2.11 bits per heavy atom. The van der Waals surface area contributed by atoms with Gasteiger partial charge in [-0.2, -0.15) is 21.6 Å². The normalized spacial score (nSPS) is 27.7. The van der Waals surface area contributed by atoms with Crippen molar-refractivity contribution < 1.29 is 25.8 Å². The van der Waals surface area contributed by atoms with Gasteiger partial charge < -0.3 is 4.18 Å². The Morgan fingerprint density at radius 3 is 2.61 bits per heavy atom. The second-order valence-electron chi connectivity index (χ2n) is 4.48. The third-order valence-corrected chi connectivity index (χ3v) is 4.35. The largest absolute Gasteiger partial charge is 0.534 e. The Bertz CT molecular complexity index is 522. The van der Waals surface area contributed by atoms with Crippen LogP contribution in [0.5, 0.6) is 0 Å². The molecule has 1 saturated heterocycles. The van der Waals surface area contributed by atoms with Gasteiger partial charge in [-0.3, -0.25) is 0 Å². The summed E-state index contributed by atoms with van der Waals surface area (Å²) in [4.78, 5) is 0. The van der Waals surface area contributed by atoms with E-state index in [1.807, 2.05) is 0 Å². The van der Waals surface area contributed by atoms with Crippen molar-refractivity contribution in [3.05, 3.63) is 11.8 Å². The molecule has 2 rings (SSSR count). The topological polar surface area (TPSA) is 67.2 Å². The summed E-state index contributed by atoms with van der Waals surface area (Å²) < 4.78 is 62.3. The van der Waals surface area contributed by atoms with Gasteiger partial charge >= 0.3 is 15.6 Å². The van der Waals surface area contributed by atoms with E-state index in [1.54, 1.807) is 0 Å². The van der Waals surface area contributed by atoms with Crippen LogP contribution in [-0.2, 0) is 14.3 Å². The Morgan fingerprint density at radius 1 is 1.44 bits per heavy atom. The minimum absolute atomic E-state index is 0.0734. The Kier molecular flexibility index (Phi) is 3.09. The predicted molar refractivity (Wildman–Crippen MR) is 56.9 cm³/mol. The number of hydrogen-bond donors (Lipinski definition) is 0. The molecular formula is C9H9BF3NO3S. The lowest BCUT2D eigenvalue weighted by Crippen LogP contribution is -2.28. The SMILES string of the molecule is N#CB1C2C=C(OS(=O)(=O)C(F)(F)F)CC1CC2. The van der Waals surface area contributed by atoms with Gasteiger partial charge in [-0.1, -0.05) is 12.8 Å². The molecule has 0 aromatic heterocycles. The molecule has 0 spiro atoms. The van der Waals surface area contributed by atoms with Gasteiger partial charge in [0.15, 0.2) is 0 Å². The van der Waals surface area contributed by atoms with Crippen LogP contribution in [0.4, 0.5) is 13.2 Å². The summed E-state index contributed by atoms with van der Waals surface area (Å²) in [5, 5.41) is 8.90. The van der Waals surface area contributed by atoms with Crippen LogP contribution < -0.4 is 0 Å². The first-order valence-corrected chi connectivity index (χ1v) is 6.76. The summed E-state index contributed by atoms with van der Waals surface area (Å²) in [6, 6.07) is 0. The number of hydrogen-bond acceptors (Lipinski definition) is 4. The Labute approximate surface area is 103 Å². The highest BCUT2D eigenvalue weighted by atomic mass is 32.2. The van der Waals surface area contributed by atoms with Crippen molar-refractivity contribution >= 4 is 16.8 Å². The molecule has 2 heterocycles. The van der Waals surface area contributed by atoms with Crippen molar-refractivity contribution in [1.29, 1.82) is 5.26 Å². The van der Waals surface area contributed by atoms with E-state index in [0.29, 0.717) is 12.8 Å². The standard InChI is InChI=1S/C9H9BF3NO3S/c11-9(12,13)18(15,16)17-8-3-6-1-2-7(4-8)10(6)5-14/h3,6-7H,1-2,4H2. The molecule has 2 bridgehead atoms. The number of allylic oxidation sites excluding steroid dienone is 2. The summed E-state index contributed by atoms with van der Waals surface area (Å²) in [6.45, 7) is -0.244. The van der Waals surface area contributed by atoms with Crippen LogP contribution >= 0.6 is 0 Å². The second kappa shape index (κ2) is 4.19. The Balaban J connectivity index is 2.17. The fourth-order valence-electron chi connectivity index (χ4n) is 2.55. The summed E-state index contributed by atoms with van der Waals surface area (Å²) in [5.41, 5.74) is -5.42. The molecule has 0 aromatic rings. The molecule has 0 aliphatic carbocycles. The molecule has 2 unspecified atom stereocenters. The lowest BCUT2D eigenvalue weighted by Gasteiger charge is -2.21. The number of alkyl halides is 3. The van der Waals surface area contributed by atoms with Gasteiger partial charge in [0.05, 0.1) is 0 Å². The second-order valence-corrected chi connectivity index (χ2v) is 6.01.